The summed E-state index contributed by atoms with van der Waals surface area (Å²) < 4.78 is 23.3. The van der Waals surface area contributed by atoms with Crippen LogP contribution >= 0.6 is 15.2 Å². The molecule has 0 rings (SSSR count). The predicted molar refractivity (Wildman–Crippen MR) is 79.2 cm³/mol. The summed E-state index contributed by atoms with van der Waals surface area (Å²) in [6, 6.07) is 0. The van der Waals surface area contributed by atoms with E-state index in [4.69, 9.17) is 0 Å². The molecule has 0 saturated heterocycles. The SMILES string of the molecule is CCCC(C(=O)O)C(CC(CC)P(=O)(O)O)(C(=O)O)P(=O)(O)O. The van der Waals surface area contributed by atoms with Gasteiger partial charge in [-0.1, -0.05) is 20.3 Å². The first-order valence-electron chi connectivity index (χ1n) is 6.82. The Bertz CT molecular complexity index is 535. The van der Waals surface area contributed by atoms with E-state index in [2.05, 4.69) is 0 Å². The number of carboxylic acid groups (broad SMARTS) is 2. The Labute approximate surface area is 132 Å². The first-order valence-corrected chi connectivity index (χ1v) is 10.1. The first kappa shape index (κ1) is 22.2. The molecule has 0 aliphatic carbocycles. The molecule has 0 aromatic heterocycles. The molecule has 0 spiro atoms. The fraction of sp³-hybridized carbons (Fsp3) is 0.818. The zero-order valence-corrected chi connectivity index (χ0v) is 14.5. The lowest BCUT2D eigenvalue weighted by molar-refractivity contribution is -0.153. The van der Waals surface area contributed by atoms with Crippen molar-refractivity contribution in [1.82, 2.24) is 0 Å². The van der Waals surface area contributed by atoms with Crippen LogP contribution in [0.15, 0.2) is 0 Å². The summed E-state index contributed by atoms with van der Waals surface area (Å²) in [4.78, 5) is 60.7. The average molecular weight is 376 g/mol. The Morgan fingerprint density at radius 2 is 1.52 bits per heavy atom. The van der Waals surface area contributed by atoms with Crippen molar-refractivity contribution in [1.29, 1.82) is 0 Å². The van der Waals surface area contributed by atoms with E-state index in [1.165, 1.54) is 13.8 Å². The van der Waals surface area contributed by atoms with Crippen LogP contribution in [0.4, 0.5) is 0 Å². The van der Waals surface area contributed by atoms with E-state index in [0.717, 1.165) is 0 Å². The van der Waals surface area contributed by atoms with Crippen molar-refractivity contribution < 1.29 is 48.5 Å². The Balaban J connectivity index is 6.38. The van der Waals surface area contributed by atoms with Gasteiger partial charge in [0.1, 0.15) is 0 Å². The van der Waals surface area contributed by atoms with Gasteiger partial charge in [-0.25, -0.2) is 0 Å². The third kappa shape index (κ3) is 4.86. The summed E-state index contributed by atoms with van der Waals surface area (Å²) in [6.07, 6.45) is -1.63. The molecule has 0 bridgehead atoms. The van der Waals surface area contributed by atoms with Crippen molar-refractivity contribution in [2.45, 2.75) is 50.3 Å². The van der Waals surface area contributed by atoms with E-state index in [9.17, 15) is 48.5 Å². The van der Waals surface area contributed by atoms with Crippen LogP contribution in [-0.4, -0.2) is 52.5 Å². The van der Waals surface area contributed by atoms with Crippen LogP contribution in [0.1, 0.15) is 39.5 Å². The molecule has 10 nitrogen and oxygen atoms in total. The maximum Gasteiger partial charge on any atom is 0.343 e. The normalized spacial score (nSPS) is 18.0. The molecule has 0 heterocycles. The van der Waals surface area contributed by atoms with Gasteiger partial charge < -0.3 is 29.8 Å². The number of hydrogen-bond donors (Lipinski definition) is 6. The van der Waals surface area contributed by atoms with Gasteiger partial charge in [-0.15, -0.1) is 0 Å². The van der Waals surface area contributed by atoms with Gasteiger partial charge in [-0.3, -0.25) is 18.7 Å². The largest absolute Gasteiger partial charge is 0.481 e. The summed E-state index contributed by atoms with van der Waals surface area (Å²) >= 11 is 0. The summed E-state index contributed by atoms with van der Waals surface area (Å²) in [6.45, 7) is 2.81. The highest BCUT2D eigenvalue weighted by Gasteiger charge is 2.63. The minimum atomic E-state index is -5.56. The standard InChI is InChI=1S/C11H22O10P2/c1-3-5-8(9(12)13)11(10(14)15,23(19,20)21)6-7(4-2)22(16,17)18/h7-8H,3-6H2,1-2H3,(H,12,13)(H,14,15)(H2,16,17,18)(H2,19,20,21). The average Bonchev–Trinajstić information content (AvgIpc) is 2.34. The number of carbonyl (C=O) groups is 2. The molecule has 0 fully saturated rings. The van der Waals surface area contributed by atoms with E-state index in [0.29, 0.717) is 0 Å². The highest BCUT2D eigenvalue weighted by Crippen LogP contribution is 2.61. The third-order valence-corrected chi connectivity index (χ3v) is 7.06. The van der Waals surface area contributed by atoms with Crippen LogP contribution in [0.25, 0.3) is 0 Å². The van der Waals surface area contributed by atoms with E-state index >= 15 is 0 Å². The van der Waals surface area contributed by atoms with Crippen LogP contribution < -0.4 is 0 Å². The van der Waals surface area contributed by atoms with Gasteiger partial charge >= 0.3 is 27.1 Å². The van der Waals surface area contributed by atoms with Gasteiger partial charge in [0.2, 0.25) is 0 Å². The lowest BCUT2D eigenvalue weighted by Crippen LogP contribution is -2.51. The smallest absolute Gasteiger partial charge is 0.343 e. The molecule has 0 radical (unpaired) electrons. The number of rotatable bonds is 10. The van der Waals surface area contributed by atoms with E-state index < -0.39 is 50.3 Å². The van der Waals surface area contributed by atoms with E-state index in [-0.39, 0.29) is 19.3 Å². The highest BCUT2D eigenvalue weighted by atomic mass is 31.2. The summed E-state index contributed by atoms with van der Waals surface area (Å²) in [5, 5.41) is 15.5. The summed E-state index contributed by atoms with van der Waals surface area (Å²) in [5.74, 6) is -5.80. The molecule has 3 atom stereocenters. The minimum Gasteiger partial charge on any atom is -0.481 e. The summed E-state index contributed by atoms with van der Waals surface area (Å²) in [5.41, 5.74) is -1.68. The lowest BCUT2D eigenvalue weighted by Gasteiger charge is -2.37. The molecule has 0 amide bonds. The molecule has 12 heteroatoms. The molecule has 0 aliphatic heterocycles. The molecular formula is C11H22O10P2. The van der Waals surface area contributed by atoms with Crippen LogP contribution in [0.2, 0.25) is 0 Å². The van der Waals surface area contributed by atoms with Crippen LogP contribution in [0.5, 0.6) is 0 Å². The van der Waals surface area contributed by atoms with Gasteiger partial charge in [0.25, 0.3) is 0 Å². The second-order valence-electron chi connectivity index (χ2n) is 5.31. The van der Waals surface area contributed by atoms with Crippen LogP contribution in [0.3, 0.4) is 0 Å². The van der Waals surface area contributed by atoms with Crippen molar-refractivity contribution in [3.63, 3.8) is 0 Å². The fourth-order valence-corrected chi connectivity index (χ4v) is 5.04. The van der Waals surface area contributed by atoms with E-state index in [1.54, 1.807) is 0 Å². The molecule has 3 unspecified atom stereocenters. The summed E-state index contributed by atoms with van der Waals surface area (Å²) in [7, 11) is -10.4. The topological polar surface area (TPSA) is 190 Å². The van der Waals surface area contributed by atoms with Crippen molar-refractivity contribution in [3.05, 3.63) is 0 Å². The van der Waals surface area contributed by atoms with Gasteiger partial charge in [-0.2, -0.15) is 0 Å². The Morgan fingerprint density at radius 1 is 1.04 bits per heavy atom. The van der Waals surface area contributed by atoms with Crippen LogP contribution in [0, 0.1) is 5.92 Å². The van der Waals surface area contributed by atoms with Crippen molar-refractivity contribution >= 4 is 27.1 Å². The zero-order chi connectivity index (χ0) is 18.6. The molecular weight excluding hydrogens is 354 g/mol. The van der Waals surface area contributed by atoms with Gasteiger partial charge in [0.05, 0.1) is 11.6 Å². The van der Waals surface area contributed by atoms with Crippen molar-refractivity contribution in [2.24, 2.45) is 5.92 Å². The second-order valence-corrected chi connectivity index (χ2v) is 9.10. The van der Waals surface area contributed by atoms with Crippen molar-refractivity contribution in [3.8, 4) is 0 Å². The first-order chi connectivity index (χ1) is 10.3. The third-order valence-electron chi connectivity index (χ3n) is 3.84. The Hall–Kier alpha value is -0.760. The Kier molecular flexibility index (Phi) is 7.61. The van der Waals surface area contributed by atoms with E-state index in [1.807, 2.05) is 0 Å². The number of carboxylic acids is 2. The molecule has 6 N–H and O–H groups in total. The zero-order valence-electron chi connectivity index (χ0n) is 12.7. The van der Waals surface area contributed by atoms with Gasteiger partial charge in [-0.05, 0) is 19.3 Å². The molecule has 0 aromatic carbocycles. The maximum absolute atomic E-state index is 11.9. The molecule has 136 valence electrons. The fourth-order valence-electron chi connectivity index (χ4n) is 2.54. The number of aliphatic carboxylic acids is 2. The molecule has 23 heavy (non-hydrogen) atoms. The maximum atomic E-state index is 11.9. The van der Waals surface area contributed by atoms with Crippen LogP contribution in [-0.2, 0) is 18.7 Å². The molecule has 0 aliphatic rings. The minimum absolute atomic E-state index is 0.124. The lowest BCUT2D eigenvalue weighted by atomic mass is 9.83. The highest BCUT2D eigenvalue weighted by molar-refractivity contribution is 7.55. The molecule has 0 saturated carbocycles. The predicted octanol–water partition coefficient (Wildman–Crippen LogP) is 0.835. The number of hydrogen-bond acceptors (Lipinski definition) is 4. The molecule has 0 aromatic rings. The monoisotopic (exact) mass is 376 g/mol. The second kappa shape index (κ2) is 7.88. The quantitative estimate of drug-likeness (QED) is 0.298. The van der Waals surface area contributed by atoms with Gasteiger partial charge in [0.15, 0.2) is 5.16 Å². The van der Waals surface area contributed by atoms with Crippen molar-refractivity contribution in [2.75, 3.05) is 0 Å². The van der Waals surface area contributed by atoms with Gasteiger partial charge in [0, 0.05) is 0 Å². The Morgan fingerprint density at radius 3 is 1.74 bits per heavy atom.